The number of anilines is 1. The van der Waals surface area contributed by atoms with Crippen molar-refractivity contribution < 1.29 is 19.4 Å². The molecule has 0 saturated carbocycles. The van der Waals surface area contributed by atoms with Crippen LogP contribution in [0.15, 0.2) is 24.3 Å². The van der Waals surface area contributed by atoms with Crippen molar-refractivity contribution >= 4 is 17.6 Å². The number of primary amides is 1. The third-order valence-electron chi connectivity index (χ3n) is 2.11. The van der Waals surface area contributed by atoms with E-state index in [-0.39, 0.29) is 6.54 Å². The summed E-state index contributed by atoms with van der Waals surface area (Å²) in [5.74, 6) is -0.290. The standard InChI is InChI=1S/C11H15N3O4/c1-18-8-4-2-3-7(5-8)14-11(17)13-6-9(15)10(12)16/h2-5,9,15H,6H2,1H3,(H2,12,16)(H2,13,14,17). The Hall–Kier alpha value is -2.28. The van der Waals surface area contributed by atoms with E-state index in [4.69, 9.17) is 15.6 Å². The molecule has 5 N–H and O–H groups in total. The van der Waals surface area contributed by atoms with Gasteiger partial charge in [0.1, 0.15) is 11.9 Å². The molecule has 1 aromatic carbocycles. The summed E-state index contributed by atoms with van der Waals surface area (Å²) in [4.78, 5) is 22.0. The van der Waals surface area contributed by atoms with Crippen molar-refractivity contribution in [3.63, 3.8) is 0 Å². The van der Waals surface area contributed by atoms with Crippen molar-refractivity contribution in [3.05, 3.63) is 24.3 Å². The van der Waals surface area contributed by atoms with Gasteiger partial charge in [-0.15, -0.1) is 0 Å². The molecule has 0 radical (unpaired) electrons. The quantitative estimate of drug-likeness (QED) is 0.575. The van der Waals surface area contributed by atoms with Gasteiger partial charge in [-0.05, 0) is 12.1 Å². The molecule has 0 aliphatic carbocycles. The molecule has 0 aliphatic heterocycles. The van der Waals surface area contributed by atoms with Crippen molar-refractivity contribution in [1.29, 1.82) is 0 Å². The Labute approximate surface area is 104 Å². The van der Waals surface area contributed by atoms with E-state index >= 15 is 0 Å². The molecule has 18 heavy (non-hydrogen) atoms. The first-order valence-corrected chi connectivity index (χ1v) is 5.19. The van der Waals surface area contributed by atoms with Gasteiger partial charge >= 0.3 is 6.03 Å². The summed E-state index contributed by atoms with van der Waals surface area (Å²) in [5, 5.41) is 13.9. The fourth-order valence-corrected chi connectivity index (χ4v) is 1.17. The molecule has 0 spiro atoms. The molecule has 7 heteroatoms. The van der Waals surface area contributed by atoms with Crippen LogP contribution in [0, 0.1) is 0 Å². The van der Waals surface area contributed by atoms with Crippen LogP contribution in [0.1, 0.15) is 0 Å². The van der Waals surface area contributed by atoms with E-state index in [9.17, 15) is 9.59 Å². The van der Waals surface area contributed by atoms with Gasteiger partial charge in [0.05, 0.1) is 13.7 Å². The maximum absolute atomic E-state index is 11.4. The number of nitrogens with two attached hydrogens (primary N) is 1. The lowest BCUT2D eigenvalue weighted by Gasteiger charge is -2.10. The highest BCUT2D eigenvalue weighted by molar-refractivity contribution is 5.90. The SMILES string of the molecule is COc1cccc(NC(=O)NCC(O)C(N)=O)c1. The smallest absolute Gasteiger partial charge is 0.319 e. The van der Waals surface area contributed by atoms with Gasteiger partial charge < -0.3 is 26.2 Å². The lowest BCUT2D eigenvalue weighted by molar-refractivity contribution is -0.125. The average molecular weight is 253 g/mol. The second-order valence-electron chi connectivity index (χ2n) is 3.49. The minimum Gasteiger partial charge on any atom is -0.497 e. The Kier molecular flexibility index (Phi) is 4.94. The second kappa shape index (κ2) is 6.45. The number of hydrogen-bond donors (Lipinski definition) is 4. The molecular weight excluding hydrogens is 238 g/mol. The number of ether oxygens (including phenoxy) is 1. The molecule has 0 saturated heterocycles. The lowest BCUT2D eigenvalue weighted by Crippen LogP contribution is -2.41. The first kappa shape index (κ1) is 13.8. The van der Waals surface area contributed by atoms with E-state index in [1.54, 1.807) is 24.3 Å². The highest BCUT2D eigenvalue weighted by Gasteiger charge is 2.12. The summed E-state index contributed by atoms with van der Waals surface area (Å²) < 4.78 is 4.99. The van der Waals surface area contributed by atoms with Crippen LogP contribution in [0.2, 0.25) is 0 Å². The number of urea groups is 1. The van der Waals surface area contributed by atoms with Gasteiger partial charge in [0.15, 0.2) is 0 Å². The van der Waals surface area contributed by atoms with Crippen molar-refractivity contribution in [2.24, 2.45) is 5.73 Å². The molecule has 0 bridgehead atoms. The Morgan fingerprint density at radius 2 is 2.22 bits per heavy atom. The maximum Gasteiger partial charge on any atom is 0.319 e. The zero-order valence-electron chi connectivity index (χ0n) is 9.84. The summed E-state index contributed by atoms with van der Waals surface area (Å²) in [6, 6.07) is 6.20. The number of nitrogens with one attached hydrogen (secondary N) is 2. The minimum absolute atomic E-state index is 0.245. The van der Waals surface area contributed by atoms with Crippen LogP contribution in [-0.4, -0.2) is 36.8 Å². The van der Waals surface area contributed by atoms with E-state index in [0.29, 0.717) is 11.4 Å². The summed E-state index contributed by atoms with van der Waals surface area (Å²) in [6.07, 6.45) is -1.40. The molecular formula is C11H15N3O4. The predicted molar refractivity (Wildman–Crippen MR) is 65.2 cm³/mol. The van der Waals surface area contributed by atoms with E-state index in [1.807, 2.05) is 0 Å². The molecule has 3 amide bonds. The normalized spacial score (nSPS) is 11.4. The molecule has 1 aromatic rings. The van der Waals surface area contributed by atoms with E-state index in [1.165, 1.54) is 7.11 Å². The topological polar surface area (TPSA) is 114 Å². The van der Waals surface area contributed by atoms with Gasteiger partial charge in [-0.1, -0.05) is 6.07 Å². The van der Waals surface area contributed by atoms with Crippen LogP contribution in [0.3, 0.4) is 0 Å². The van der Waals surface area contributed by atoms with Gasteiger partial charge in [0, 0.05) is 11.8 Å². The number of benzene rings is 1. The van der Waals surface area contributed by atoms with E-state index in [0.717, 1.165) is 0 Å². The summed E-state index contributed by atoms with van der Waals surface area (Å²) in [6.45, 7) is -0.245. The van der Waals surface area contributed by atoms with E-state index in [2.05, 4.69) is 10.6 Å². The molecule has 0 fully saturated rings. The van der Waals surface area contributed by atoms with Gasteiger partial charge in [-0.2, -0.15) is 0 Å². The summed E-state index contributed by atoms with van der Waals surface area (Å²) in [7, 11) is 1.52. The minimum atomic E-state index is -1.40. The number of aliphatic hydroxyl groups excluding tert-OH is 1. The molecule has 1 atom stereocenters. The number of carbonyl (C=O) groups is 2. The van der Waals surface area contributed by atoms with Gasteiger partial charge in [-0.3, -0.25) is 4.79 Å². The number of methoxy groups -OCH3 is 1. The van der Waals surface area contributed by atoms with Crippen LogP contribution in [-0.2, 0) is 4.79 Å². The first-order chi connectivity index (χ1) is 8.52. The van der Waals surface area contributed by atoms with Crippen molar-refractivity contribution in [1.82, 2.24) is 5.32 Å². The maximum atomic E-state index is 11.4. The molecule has 0 aliphatic rings. The lowest BCUT2D eigenvalue weighted by atomic mass is 10.3. The second-order valence-corrected chi connectivity index (χ2v) is 3.49. The number of hydrogen-bond acceptors (Lipinski definition) is 4. The highest BCUT2D eigenvalue weighted by atomic mass is 16.5. The molecule has 0 aromatic heterocycles. The van der Waals surface area contributed by atoms with E-state index < -0.39 is 18.0 Å². The van der Waals surface area contributed by atoms with Crippen LogP contribution in [0.5, 0.6) is 5.75 Å². The van der Waals surface area contributed by atoms with Crippen molar-refractivity contribution in [3.8, 4) is 5.75 Å². The fourth-order valence-electron chi connectivity index (χ4n) is 1.17. The van der Waals surface area contributed by atoms with Crippen LogP contribution >= 0.6 is 0 Å². The third kappa shape index (κ3) is 4.30. The Morgan fingerprint density at radius 3 is 2.83 bits per heavy atom. The van der Waals surface area contributed by atoms with Crippen LogP contribution in [0.4, 0.5) is 10.5 Å². The zero-order chi connectivity index (χ0) is 13.5. The number of rotatable bonds is 5. The zero-order valence-corrected chi connectivity index (χ0v) is 9.84. The van der Waals surface area contributed by atoms with Crippen LogP contribution < -0.4 is 21.1 Å². The number of amides is 3. The highest BCUT2D eigenvalue weighted by Crippen LogP contribution is 2.16. The number of carbonyl (C=O) groups excluding carboxylic acids is 2. The Morgan fingerprint density at radius 1 is 1.50 bits per heavy atom. The molecule has 98 valence electrons. The first-order valence-electron chi connectivity index (χ1n) is 5.19. The molecule has 0 heterocycles. The summed E-state index contributed by atoms with van der Waals surface area (Å²) >= 11 is 0. The monoisotopic (exact) mass is 253 g/mol. The Balaban J connectivity index is 2.46. The van der Waals surface area contributed by atoms with Crippen molar-refractivity contribution in [2.45, 2.75) is 6.10 Å². The average Bonchev–Trinajstić information content (AvgIpc) is 2.36. The van der Waals surface area contributed by atoms with Gasteiger partial charge in [0.25, 0.3) is 0 Å². The largest absolute Gasteiger partial charge is 0.497 e. The fraction of sp³-hybridized carbons (Fsp3) is 0.273. The molecule has 1 unspecified atom stereocenters. The van der Waals surface area contributed by atoms with Crippen LogP contribution in [0.25, 0.3) is 0 Å². The molecule has 7 nitrogen and oxygen atoms in total. The van der Waals surface area contributed by atoms with Gasteiger partial charge in [-0.25, -0.2) is 4.79 Å². The Bertz CT molecular complexity index is 436. The summed E-state index contributed by atoms with van der Waals surface area (Å²) in [5.41, 5.74) is 5.36. The predicted octanol–water partition coefficient (Wildman–Crippen LogP) is -0.337. The number of aliphatic hydroxyl groups is 1. The van der Waals surface area contributed by atoms with Gasteiger partial charge in [0.2, 0.25) is 5.91 Å². The third-order valence-corrected chi connectivity index (χ3v) is 2.11. The molecule has 1 rings (SSSR count). The van der Waals surface area contributed by atoms with Crippen molar-refractivity contribution in [2.75, 3.05) is 19.0 Å².